The summed E-state index contributed by atoms with van der Waals surface area (Å²) >= 11 is 0. The number of carbonyl (C=O) groups is 4. The minimum atomic E-state index is -4.97. The van der Waals surface area contributed by atoms with Gasteiger partial charge in [-0.3, -0.25) is 37.3 Å². The number of ether oxygens (including phenoxy) is 4. The van der Waals surface area contributed by atoms with E-state index in [4.69, 9.17) is 37.0 Å². The quantitative estimate of drug-likeness (QED) is 0.0222. The third-order valence-corrected chi connectivity index (χ3v) is 22.7. The van der Waals surface area contributed by atoms with Crippen LogP contribution in [-0.4, -0.2) is 96.7 Å². The summed E-state index contributed by atoms with van der Waals surface area (Å²) in [6, 6.07) is 0. The van der Waals surface area contributed by atoms with Crippen molar-refractivity contribution in [3.05, 3.63) is 0 Å². The molecule has 0 heterocycles. The summed E-state index contributed by atoms with van der Waals surface area (Å²) in [4.78, 5) is 73.3. The zero-order valence-electron chi connectivity index (χ0n) is 70.3. The van der Waals surface area contributed by atoms with E-state index in [1.54, 1.807) is 0 Å². The average molecular weight is 1560 g/mol. The Morgan fingerprint density at radius 3 is 0.636 bits per heavy atom. The van der Waals surface area contributed by atoms with Crippen LogP contribution in [0, 0.1) is 5.92 Å². The molecule has 636 valence electrons. The van der Waals surface area contributed by atoms with Gasteiger partial charge >= 0.3 is 39.5 Å². The van der Waals surface area contributed by atoms with Crippen LogP contribution in [0.5, 0.6) is 0 Å². The summed E-state index contributed by atoms with van der Waals surface area (Å²) in [5.41, 5.74) is 0. The van der Waals surface area contributed by atoms with Gasteiger partial charge in [-0.25, -0.2) is 9.13 Å². The number of aliphatic hydroxyl groups excluding tert-OH is 1. The standard InChI is InChI=1S/C88H172O17P2/c1-6-9-12-15-18-21-24-27-30-33-35-37-39-42-44-47-50-56-61-66-71-85(90)98-77-83(104-87(92)74-69-64-59-52-49-46-43-40-38-36-34-31-28-25-22-19-16-13-10-7-2)79-102-106(94,95)100-75-82(89)76-101-107(96,97)103-80-84(78-99-86(91)72-67-62-57-54-53-55-60-65-70-81(4)5)105-88(93)73-68-63-58-51-48-45-41-32-29-26-23-20-17-14-11-8-3/h81-84,89H,6-80H2,1-5H3,(H,94,95)(H,96,97)/t82-,83-,84-/m1/s1. The van der Waals surface area contributed by atoms with Crippen molar-refractivity contribution >= 4 is 39.5 Å². The maximum Gasteiger partial charge on any atom is 0.472 e. The molecule has 0 aromatic rings. The molecule has 0 spiro atoms. The number of rotatable bonds is 88. The highest BCUT2D eigenvalue weighted by atomic mass is 31.2. The maximum absolute atomic E-state index is 13.2. The molecule has 5 atom stereocenters. The Bertz CT molecular complexity index is 2030. The zero-order valence-corrected chi connectivity index (χ0v) is 72.1. The van der Waals surface area contributed by atoms with Crippen molar-refractivity contribution in [2.45, 2.75) is 496 Å². The molecule has 0 aromatic heterocycles. The number of esters is 4. The molecule has 0 saturated heterocycles. The number of aliphatic hydroxyl groups is 1. The topological polar surface area (TPSA) is 237 Å². The summed E-state index contributed by atoms with van der Waals surface area (Å²) in [5.74, 6) is -1.37. The van der Waals surface area contributed by atoms with E-state index in [-0.39, 0.29) is 25.7 Å². The summed E-state index contributed by atoms with van der Waals surface area (Å²) in [6.07, 6.45) is 75.1. The lowest BCUT2D eigenvalue weighted by atomic mass is 10.0. The lowest BCUT2D eigenvalue weighted by molar-refractivity contribution is -0.161. The Morgan fingerprint density at radius 2 is 0.430 bits per heavy atom. The van der Waals surface area contributed by atoms with Gasteiger partial charge in [0, 0.05) is 25.7 Å². The van der Waals surface area contributed by atoms with Gasteiger partial charge < -0.3 is 33.8 Å². The van der Waals surface area contributed by atoms with Crippen LogP contribution in [0.3, 0.4) is 0 Å². The van der Waals surface area contributed by atoms with E-state index < -0.39 is 97.5 Å². The minimum Gasteiger partial charge on any atom is -0.462 e. The second-order valence-corrected chi connectivity index (χ2v) is 35.0. The molecule has 0 saturated carbocycles. The van der Waals surface area contributed by atoms with E-state index in [0.29, 0.717) is 25.7 Å². The highest BCUT2D eigenvalue weighted by molar-refractivity contribution is 7.47. The Hall–Kier alpha value is -1.94. The number of hydrogen-bond acceptors (Lipinski definition) is 15. The van der Waals surface area contributed by atoms with Crippen molar-refractivity contribution in [3.63, 3.8) is 0 Å². The highest BCUT2D eigenvalue weighted by Crippen LogP contribution is 2.45. The molecule has 0 aliphatic heterocycles. The van der Waals surface area contributed by atoms with Crippen LogP contribution >= 0.6 is 15.6 Å². The van der Waals surface area contributed by atoms with Gasteiger partial charge in [0.25, 0.3) is 0 Å². The fourth-order valence-corrected chi connectivity index (χ4v) is 15.4. The summed E-state index contributed by atoms with van der Waals surface area (Å²) < 4.78 is 69.0. The molecular weight excluding hydrogens is 1390 g/mol. The number of carbonyl (C=O) groups excluding carboxylic acids is 4. The zero-order chi connectivity index (χ0) is 78.3. The number of phosphoric acid groups is 2. The van der Waals surface area contributed by atoms with E-state index in [9.17, 15) is 43.2 Å². The van der Waals surface area contributed by atoms with Crippen LogP contribution in [0.2, 0.25) is 0 Å². The molecule has 0 aromatic carbocycles. The summed E-state index contributed by atoms with van der Waals surface area (Å²) in [7, 11) is -9.93. The van der Waals surface area contributed by atoms with Crippen LogP contribution in [0.25, 0.3) is 0 Å². The third kappa shape index (κ3) is 81.9. The van der Waals surface area contributed by atoms with E-state index in [2.05, 4.69) is 34.6 Å². The van der Waals surface area contributed by atoms with E-state index in [0.717, 1.165) is 95.8 Å². The molecule has 0 bridgehead atoms. The Morgan fingerprint density at radius 1 is 0.252 bits per heavy atom. The van der Waals surface area contributed by atoms with Crippen molar-refractivity contribution in [2.75, 3.05) is 39.6 Å². The molecule has 17 nitrogen and oxygen atoms in total. The smallest absolute Gasteiger partial charge is 0.462 e. The molecule has 19 heteroatoms. The van der Waals surface area contributed by atoms with Gasteiger partial charge in [-0.05, 0) is 31.6 Å². The summed E-state index contributed by atoms with van der Waals surface area (Å²) in [6.45, 7) is 7.34. The van der Waals surface area contributed by atoms with Crippen molar-refractivity contribution in [3.8, 4) is 0 Å². The van der Waals surface area contributed by atoms with Crippen LogP contribution in [0.4, 0.5) is 0 Å². The van der Waals surface area contributed by atoms with Crippen molar-refractivity contribution in [2.24, 2.45) is 5.92 Å². The summed E-state index contributed by atoms with van der Waals surface area (Å²) in [5, 5.41) is 10.7. The Kier molecular flexibility index (Phi) is 79.2. The molecule has 0 aliphatic rings. The molecule has 0 amide bonds. The fourth-order valence-electron chi connectivity index (χ4n) is 13.8. The number of unbranched alkanes of at least 4 members (excludes halogenated alkanes) is 60. The first kappa shape index (κ1) is 105. The van der Waals surface area contributed by atoms with Gasteiger partial charge in [-0.1, -0.05) is 426 Å². The van der Waals surface area contributed by atoms with Crippen LogP contribution in [0.15, 0.2) is 0 Å². The van der Waals surface area contributed by atoms with Crippen molar-refractivity contribution in [1.82, 2.24) is 0 Å². The van der Waals surface area contributed by atoms with E-state index in [1.165, 1.54) is 302 Å². The Balaban J connectivity index is 5.23. The SMILES string of the molecule is CCCCCCCCCCCCCCCCCCCCCCC(=O)OC[C@H](COP(=O)(O)OC[C@@H](O)COP(=O)(O)OC[C@@H](COC(=O)CCCCCCCCCCC(C)C)OC(=O)CCCCCCCCCCCCCCCCCC)OC(=O)CCCCCCCCCCCCCCCCCCCCCC. The normalized spacial score (nSPS) is 13.7. The first-order valence-electron chi connectivity index (χ1n) is 45.6. The van der Waals surface area contributed by atoms with Gasteiger partial charge in [0.1, 0.15) is 19.3 Å². The molecule has 0 fully saturated rings. The highest BCUT2D eigenvalue weighted by Gasteiger charge is 2.30. The first-order chi connectivity index (χ1) is 52.0. The monoisotopic (exact) mass is 1560 g/mol. The van der Waals surface area contributed by atoms with Crippen molar-refractivity contribution in [1.29, 1.82) is 0 Å². The lowest BCUT2D eigenvalue weighted by Crippen LogP contribution is -2.30. The van der Waals surface area contributed by atoms with E-state index >= 15 is 0 Å². The molecular formula is C88H172O17P2. The fraction of sp³-hybridized carbons (Fsp3) is 0.955. The number of hydrogen-bond donors (Lipinski definition) is 3. The lowest BCUT2D eigenvalue weighted by Gasteiger charge is -2.21. The molecule has 3 N–H and O–H groups in total. The maximum atomic E-state index is 13.2. The number of phosphoric ester groups is 2. The largest absolute Gasteiger partial charge is 0.472 e. The van der Waals surface area contributed by atoms with Crippen molar-refractivity contribution < 1.29 is 80.2 Å². The van der Waals surface area contributed by atoms with Gasteiger partial charge in [0.15, 0.2) is 12.2 Å². The third-order valence-electron chi connectivity index (χ3n) is 20.8. The minimum absolute atomic E-state index is 0.108. The Labute approximate surface area is 658 Å². The molecule has 0 aliphatic carbocycles. The molecule has 2 unspecified atom stereocenters. The second kappa shape index (κ2) is 80.7. The van der Waals surface area contributed by atoms with Crippen LogP contribution < -0.4 is 0 Å². The van der Waals surface area contributed by atoms with Crippen LogP contribution in [0.1, 0.15) is 478 Å². The average Bonchev–Trinajstić information content (AvgIpc) is 0.908. The second-order valence-electron chi connectivity index (χ2n) is 32.1. The van der Waals surface area contributed by atoms with Gasteiger partial charge in [0.05, 0.1) is 26.4 Å². The van der Waals surface area contributed by atoms with Gasteiger partial charge in [0.2, 0.25) is 0 Å². The van der Waals surface area contributed by atoms with Gasteiger partial charge in [-0.15, -0.1) is 0 Å². The molecule has 0 rings (SSSR count). The first-order valence-corrected chi connectivity index (χ1v) is 48.6. The van der Waals surface area contributed by atoms with Crippen LogP contribution in [-0.2, 0) is 65.4 Å². The predicted octanol–water partition coefficient (Wildman–Crippen LogP) is 27.2. The van der Waals surface area contributed by atoms with Gasteiger partial charge in [-0.2, -0.15) is 0 Å². The predicted molar refractivity (Wildman–Crippen MR) is 442 cm³/mol. The molecule has 107 heavy (non-hydrogen) atoms. The molecule has 0 radical (unpaired) electrons. The van der Waals surface area contributed by atoms with E-state index in [1.807, 2.05) is 0 Å².